The average Bonchev–Trinajstić information content (AvgIpc) is 2.50. The average molecular weight is 328 g/mol. The van der Waals surface area contributed by atoms with Crippen LogP contribution < -0.4 is 10.6 Å². The summed E-state index contributed by atoms with van der Waals surface area (Å²) in [4.78, 5) is 23.7. The third-order valence-corrected chi connectivity index (χ3v) is 3.70. The highest BCUT2D eigenvalue weighted by molar-refractivity contribution is 5.91. The predicted octanol–water partition coefficient (Wildman–Crippen LogP) is 3.65. The molecule has 0 spiro atoms. The van der Waals surface area contributed by atoms with E-state index in [2.05, 4.69) is 10.6 Å². The Morgan fingerprint density at radius 2 is 1.75 bits per heavy atom. The van der Waals surface area contributed by atoms with Gasteiger partial charge in [-0.2, -0.15) is 0 Å². The van der Waals surface area contributed by atoms with Gasteiger partial charge in [0, 0.05) is 12.6 Å². The molecule has 2 rings (SSSR count). The minimum atomic E-state index is -0.432. The molecule has 2 N–H and O–H groups in total. The second-order valence-corrected chi connectivity index (χ2v) is 5.88. The minimum Gasteiger partial charge on any atom is -0.349 e. The Labute approximate surface area is 141 Å². The van der Waals surface area contributed by atoms with Crippen LogP contribution in [-0.2, 0) is 9.59 Å². The van der Waals surface area contributed by atoms with Gasteiger partial charge in [-0.05, 0) is 37.1 Å². The zero-order valence-electron chi connectivity index (χ0n) is 14.0. The molecule has 0 saturated heterocycles. The van der Waals surface area contributed by atoms with Gasteiger partial charge in [0.1, 0.15) is 5.82 Å². The number of anilines is 1. The van der Waals surface area contributed by atoms with Crippen molar-refractivity contribution in [2.24, 2.45) is 0 Å². The van der Waals surface area contributed by atoms with E-state index in [1.165, 1.54) is 13.0 Å². The Morgan fingerprint density at radius 1 is 1.08 bits per heavy atom. The zero-order chi connectivity index (χ0) is 17.7. The topological polar surface area (TPSA) is 58.2 Å². The predicted molar refractivity (Wildman–Crippen MR) is 92.1 cm³/mol. The number of carbonyl (C=O) groups is 2. The smallest absolute Gasteiger partial charge is 0.226 e. The molecule has 5 heteroatoms. The maximum Gasteiger partial charge on any atom is 0.226 e. The lowest BCUT2D eigenvalue weighted by molar-refractivity contribution is -0.120. The van der Waals surface area contributed by atoms with Crippen LogP contribution in [0.4, 0.5) is 10.1 Å². The third-order valence-electron chi connectivity index (χ3n) is 3.70. The van der Waals surface area contributed by atoms with Crippen LogP contribution in [0.3, 0.4) is 0 Å². The molecule has 2 aromatic carbocycles. The molecular formula is C19H21FN2O2. The molecule has 2 aromatic rings. The van der Waals surface area contributed by atoms with Crippen molar-refractivity contribution in [1.29, 1.82) is 0 Å². The van der Waals surface area contributed by atoms with E-state index in [4.69, 9.17) is 0 Å². The van der Waals surface area contributed by atoms with Crippen LogP contribution in [-0.4, -0.2) is 11.8 Å². The maximum absolute atomic E-state index is 13.6. The summed E-state index contributed by atoms with van der Waals surface area (Å²) < 4.78 is 13.6. The molecule has 0 heterocycles. The van der Waals surface area contributed by atoms with E-state index in [1.807, 2.05) is 31.2 Å². The van der Waals surface area contributed by atoms with E-state index in [0.29, 0.717) is 11.3 Å². The van der Waals surface area contributed by atoms with E-state index in [1.54, 1.807) is 19.1 Å². The molecular weight excluding hydrogens is 307 g/mol. The van der Waals surface area contributed by atoms with Crippen LogP contribution in [0.15, 0.2) is 42.5 Å². The van der Waals surface area contributed by atoms with E-state index in [9.17, 15) is 14.0 Å². The summed E-state index contributed by atoms with van der Waals surface area (Å²) in [6.45, 7) is 5.04. The van der Waals surface area contributed by atoms with Gasteiger partial charge in [0.15, 0.2) is 0 Å². The lowest BCUT2D eigenvalue weighted by Gasteiger charge is -2.18. The number of rotatable bonds is 5. The van der Waals surface area contributed by atoms with Gasteiger partial charge in [-0.15, -0.1) is 0 Å². The summed E-state index contributed by atoms with van der Waals surface area (Å²) in [6, 6.07) is 11.7. The molecule has 0 aromatic heterocycles. The van der Waals surface area contributed by atoms with Crippen LogP contribution in [0.25, 0.3) is 0 Å². The van der Waals surface area contributed by atoms with Crippen molar-refractivity contribution in [3.8, 4) is 0 Å². The maximum atomic E-state index is 13.6. The van der Waals surface area contributed by atoms with Gasteiger partial charge >= 0.3 is 0 Å². The standard InChI is InChI=1S/C19H21FN2O2/c1-12-4-7-15(8-5-12)18(21-14(3)23)11-19(24)22-16-9-6-13(2)17(20)10-16/h4-10,18H,11H2,1-3H3,(H,21,23)(H,22,24). The fourth-order valence-corrected chi connectivity index (χ4v) is 2.36. The van der Waals surface area contributed by atoms with Crippen molar-refractivity contribution in [1.82, 2.24) is 5.32 Å². The normalized spacial score (nSPS) is 11.7. The molecule has 0 aliphatic rings. The van der Waals surface area contributed by atoms with E-state index < -0.39 is 6.04 Å². The highest BCUT2D eigenvalue weighted by Crippen LogP contribution is 2.19. The summed E-state index contributed by atoms with van der Waals surface area (Å²) in [5, 5.41) is 5.44. The number of nitrogens with one attached hydrogen (secondary N) is 2. The van der Waals surface area contributed by atoms with Crippen molar-refractivity contribution < 1.29 is 14.0 Å². The van der Waals surface area contributed by atoms with Crippen molar-refractivity contribution in [3.05, 3.63) is 65.0 Å². The summed E-state index contributed by atoms with van der Waals surface area (Å²) >= 11 is 0. The fraction of sp³-hybridized carbons (Fsp3) is 0.263. The van der Waals surface area contributed by atoms with Crippen LogP contribution >= 0.6 is 0 Å². The molecule has 0 aliphatic heterocycles. The summed E-state index contributed by atoms with van der Waals surface area (Å²) in [7, 11) is 0. The van der Waals surface area contributed by atoms with Crippen molar-refractivity contribution in [2.75, 3.05) is 5.32 Å². The molecule has 2 amide bonds. The quantitative estimate of drug-likeness (QED) is 0.880. The summed E-state index contributed by atoms with van der Waals surface area (Å²) in [5.41, 5.74) is 2.86. The number of aryl methyl sites for hydroxylation is 2. The molecule has 126 valence electrons. The molecule has 0 fully saturated rings. The summed E-state index contributed by atoms with van der Waals surface area (Å²) in [5.74, 6) is -0.878. The van der Waals surface area contributed by atoms with Gasteiger partial charge in [-0.25, -0.2) is 4.39 Å². The van der Waals surface area contributed by atoms with Gasteiger partial charge in [-0.1, -0.05) is 35.9 Å². The molecule has 24 heavy (non-hydrogen) atoms. The van der Waals surface area contributed by atoms with Crippen LogP contribution in [0.5, 0.6) is 0 Å². The van der Waals surface area contributed by atoms with Crippen LogP contribution in [0, 0.1) is 19.7 Å². The number of halogens is 1. The second kappa shape index (κ2) is 7.73. The largest absolute Gasteiger partial charge is 0.349 e. The first-order valence-corrected chi connectivity index (χ1v) is 7.75. The van der Waals surface area contributed by atoms with Crippen LogP contribution in [0.2, 0.25) is 0 Å². The van der Waals surface area contributed by atoms with Crippen molar-refractivity contribution in [2.45, 2.75) is 33.2 Å². The Kier molecular flexibility index (Phi) is 5.68. The molecule has 0 radical (unpaired) electrons. The fourth-order valence-electron chi connectivity index (χ4n) is 2.36. The van der Waals surface area contributed by atoms with Gasteiger partial charge in [0.2, 0.25) is 11.8 Å². The zero-order valence-corrected chi connectivity index (χ0v) is 14.0. The number of hydrogen-bond acceptors (Lipinski definition) is 2. The first kappa shape index (κ1) is 17.7. The van der Waals surface area contributed by atoms with Gasteiger partial charge in [0.25, 0.3) is 0 Å². The van der Waals surface area contributed by atoms with E-state index in [-0.39, 0.29) is 24.1 Å². The lowest BCUT2D eigenvalue weighted by Crippen LogP contribution is -2.29. The molecule has 1 unspecified atom stereocenters. The SMILES string of the molecule is CC(=O)NC(CC(=O)Nc1ccc(C)c(F)c1)c1ccc(C)cc1. The Morgan fingerprint density at radius 3 is 2.33 bits per heavy atom. The number of hydrogen-bond donors (Lipinski definition) is 2. The molecule has 0 bridgehead atoms. The monoisotopic (exact) mass is 328 g/mol. The number of carbonyl (C=O) groups excluding carboxylic acids is 2. The molecule has 0 aliphatic carbocycles. The van der Waals surface area contributed by atoms with Crippen LogP contribution in [0.1, 0.15) is 36.1 Å². The second-order valence-electron chi connectivity index (χ2n) is 5.88. The lowest BCUT2D eigenvalue weighted by atomic mass is 10.0. The first-order chi connectivity index (χ1) is 11.3. The van der Waals surface area contributed by atoms with E-state index >= 15 is 0 Å². The van der Waals surface area contributed by atoms with E-state index in [0.717, 1.165) is 11.1 Å². The Hall–Kier alpha value is -2.69. The first-order valence-electron chi connectivity index (χ1n) is 7.75. The van der Waals surface area contributed by atoms with Gasteiger partial charge in [-0.3, -0.25) is 9.59 Å². The summed E-state index contributed by atoms with van der Waals surface area (Å²) in [6.07, 6.45) is 0.0676. The highest BCUT2D eigenvalue weighted by Gasteiger charge is 2.17. The minimum absolute atomic E-state index is 0.0676. The number of benzene rings is 2. The highest BCUT2D eigenvalue weighted by atomic mass is 19.1. The Balaban J connectivity index is 2.10. The third kappa shape index (κ3) is 4.91. The molecule has 4 nitrogen and oxygen atoms in total. The Bertz CT molecular complexity index is 742. The molecule has 0 saturated carbocycles. The van der Waals surface area contributed by atoms with Crippen molar-refractivity contribution in [3.63, 3.8) is 0 Å². The van der Waals surface area contributed by atoms with Gasteiger partial charge < -0.3 is 10.6 Å². The number of amides is 2. The van der Waals surface area contributed by atoms with Gasteiger partial charge in [0.05, 0.1) is 12.5 Å². The molecule has 1 atom stereocenters. The van der Waals surface area contributed by atoms with Crippen molar-refractivity contribution >= 4 is 17.5 Å².